The van der Waals surface area contributed by atoms with Gasteiger partial charge in [0.1, 0.15) is 11.1 Å². The summed E-state index contributed by atoms with van der Waals surface area (Å²) in [6.45, 7) is 0. The first-order chi connectivity index (χ1) is 11.8. The van der Waals surface area contributed by atoms with Gasteiger partial charge in [-0.3, -0.25) is 0 Å². The van der Waals surface area contributed by atoms with E-state index in [0.29, 0.717) is 0 Å². The Morgan fingerprint density at radius 3 is 2.54 bits per heavy atom. The number of thiophene rings is 1. The fourth-order valence-corrected chi connectivity index (χ4v) is 4.52. The smallest absolute Gasteiger partial charge is 0.122 e. The zero-order valence-electron chi connectivity index (χ0n) is 13.7. The number of benzene rings is 1. The van der Waals surface area contributed by atoms with Crippen molar-refractivity contribution in [3.63, 3.8) is 0 Å². The molecule has 0 amide bonds. The maximum Gasteiger partial charge on any atom is 0.122 e. The van der Waals surface area contributed by atoms with Crippen LogP contribution in [-0.2, 0) is 6.42 Å². The lowest BCUT2D eigenvalue weighted by molar-refractivity contribution is 0.163. The molecule has 1 unspecified atom stereocenters. The Labute approximate surface area is 151 Å². The molecular weight excluding hydrogens is 334 g/mol. The van der Waals surface area contributed by atoms with Crippen LogP contribution in [-0.4, -0.2) is 10.1 Å². The van der Waals surface area contributed by atoms with E-state index >= 15 is 0 Å². The lowest BCUT2D eigenvalue weighted by atomic mass is 10.0. The standard InChI is InChI=1S/C20H23NOS2/c22-17(20-21-15-19(24-20)18-13-8-14-23-18)12-7-2-1-4-9-16-10-5-3-6-11-16/h3,5-6,8,10-11,13-15,17,22H,1-2,4,7,9,12H2. The van der Waals surface area contributed by atoms with E-state index in [4.69, 9.17) is 0 Å². The SMILES string of the molecule is OC(CCCCCCc1ccccc1)c1ncc(-c2cccs2)s1. The van der Waals surface area contributed by atoms with E-state index in [-0.39, 0.29) is 0 Å². The van der Waals surface area contributed by atoms with Crippen LogP contribution in [0, 0.1) is 0 Å². The van der Waals surface area contributed by atoms with Crippen LogP contribution >= 0.6 is 22.7 Å². The molecule has 0 spiro atoms. The highest BCUT2D eigenvalue weighted by Gasteiger charge is 2.13. The Hall–Kier alpha value is -1.49. The number of aromatic nitrogens is 1. The van der Waals surface area contributed by atoms with Crippen molar-refractivity contribution in [3.05, 3.63) is 64.6 Å². The van der Waals surface area contributed by atoms with Gasteiger partial charge >= 0.3 is 0 Å². The molecule has 0 fully saturated rings. The molecule has 126 valence electrons. The Kier molecular flexibility index (Phi) is 6.58. The highest BCUT2D eigenvalue weighted by Crippen LogP contribution is 2.33. The summed E-state index contributed by atoms with van der Waals surface area (Å²) >= 11 is 3.33. The summed E-state index contributed by atoms with van der Waals surface area (Å²) in [5.41, 5.74) is 1.42. The number of rotatable bonds is 9. The van der Waals surface area contributed by atoms with E-state index in [1.807, 2.05) is 12.3 Å². The zero-order chi connectivity index (χ0) is 16.6. The van der Waals surface area contributed by atoms with Gasteiger partial charge in [0.2, 0.25) is 0 Å². The molecule has 3 aromatic rings. The second kappa shape index (κ2) is 9.11. The number of hydrogen-bond acceptors (Lipinski definition) is 4. The molecule has 2 nitrogen and oxygen atoms in total. The third-order valence-corrected chi connectivity index (χ3v) is 6.27. The minimum absolute atomic E-state index is 0.419. The van der Waals surface area contributed by atoms with Gasteiger partial charge in [0.15, 0.2) is 0 Å². The minimum Gasteiger partial charge on any atom is -0.386 e. The highest BCUT2D eigenvalue weighted by atomic mass is 32.1. The molecule has 24 heavy (non-hydrogen) atoms. The second-order valence-electron chi connectivity index (χ2n) is 5.99. The van der Waals surface area contributed by atoms with Gasteiger partial charge in [0, 0.05) is 11.1 Å². The van der Waals surface area contributed by atoms with Gasteiger partial charge in [-0.15, -0.1) is 22.7 Å². The van der Waals surface area contributed by atoms with E-state index in [9.17, 15) is 5.11 Å². The molecule has 0 saturated carbocycles. The molecule has 4 heteroatoms. The van der Waals surface area contributed by atoms with E-state index in [0.717, 1.165) is 29.1 Å². The molecule has 2 aromatic heterocycles. The number of hydrogen-bond donors (Lipinski definition) is 1. The lowest BCUT2D eigenvalue weighted by Gasteiger charge is -2.07. The maximum atomic E-state index is 10.3. The van der Waals surface area contributed by atoms with Crippen molar-refractivity contribution in [2.75, 3.05) is 0 Å². The van der Waals surface area contributed by atoms with Crippen molar-refractivity contribution in [1.82, 2.24) is 4.98 Å². The first-order valence-electron chi connectivity index (χ1n) is 8.54. The number of aliphatic hydroxyl groups is 1. The third kappa shape index (κ3) is 5.00. The molecule has 0 aliphatic heterocycles. The fraction of sp³-hybridized carbons (Fsp3) is 0.350. The van der Waals surface area contributed by atoms with E-state index in [2.05, 4.69) is 46.8 Å². The van der Waals surface area contributed by atoms with Gasteiger partial charge in [0.25, 0.3) is 0 Å². The number of aryl methyl sites for hydroxylation is 1. The normalized spacial score (nSPS) is 12.4. The number of unbranched alkanes of at least 4 members (excludes halogenated alkanes) is 3. The molecule has 0 aliphatic rings. The van der Waals surface area contributed by atoms with Crippen LogP contribution in [0.3, 0.4) is 0 Å². The van der Waals surface area contributed by atoms with E-state index in [1.165, 1.54) is 29.7 Å². The van der Waals surface area contributed by atoms with Crippen LogP contribution in [0.15, 0.2) is 54.0 Å². The predicted molar refractivity (Wildman–Crippen MR) is 104 cm³/mol. The van der Waals surface area contributed by atoms with E-state index < -0.39 is 6.10 Å². The highest BCUT2D eigenvalue weighted by molar-refractivity contribution is 7.21. The van der Waals surface area contributed by atoms with Crippen molar-refractivity contribution < 1.29 is 5.11 Å². The van der Waals surface area contributed by atoms with Crippen molar-refractivity contribution >= 4 is 22.7 Å². The Morgan fingerprint density at radius 2 is 1.75 bits per heavy atom. The average Bonchev–Trinajstić information content (AvgIpc) is 3.29. The maximum absolute atomic E-state index is 10.3. The molecule has 3 rings (SSSR count). The largest absolute Gasteiger partial charge is 0.386 e. The van der Waals surface area contributed by atoms with Gasteiger partial charge in [-0.1, -0.05) is 55.7 Å². The summed E-state index contributed by atoms with van der Waals surface area (Å²) in [6, 6.07) is 14.8. The topological polar surface area (TPSA) is 33.1 Å². The van der Waals surface area contributed by atoms with Crippen molar-refractivity contribution in [2.24, 2.45) is 0 Å². The summed E-state index contributed by atoms with van der Waals surface area (Å²) in [5, 5.41) is 13.2. The van der Waals surface area contributed by atoms with E-state index in [1.54, 1.807) is 22.7 Å². The van der Waals surface area contributed by atoms with Crippen LogP contribution in [0.2, 0.25) is 0 Å². The average molecular weight is 358 g/mol. The summed E-state index contributed by atoms with van der Waals surface area (Å²) in [6.07, 6.45) is 8.10. The molecule has 0 radical (unpaired) electrons. The summed E-state index contributed by atoms with van der Waals surface area (Å²) in [4.78, 5) is 6.79. The summed E-state index contributed by atoms with van der Waals surface area (Å²) in [5.74, 6) is 0. The van der Waals surface area contributed by atoms with Gasteiger partial charge < -0.3 is 5.11 Å². The number of aliphatic hydroxyl groups excluding tert-OH is 1. The quantitative estimate of drug-likeness (QED) is 0.469. The lowest BCUT2D eigenvalue weighted by Crippen LogP contribution is -1.96. The van der Waals surface area contributed by atoms with Crippen LogP contribution < -0.4 is 0 Å². The Balaban J connectivity index is 1.35. The number of thiazole rings is 1. The van der Waals surface area contributed by atoms with Gasteiger partial charge in [-0.05, 0) is 36.3 Å². The summed E-state index contributed by atoms with van der Waals surface area (Å²) in [7, 11) is 0. The number of nitrogens with zero attached hydrogens (tertiary/aromatic N) is 1. The molecule has 0 saturated heterocycles. The van der Waals surface area contributed by atoms with Gasteiger partial charge in [-0.25, -0.2) is 4.98 Å². The molecule has 1 aromatic carbocycles. The molecule has 1 N–H and O–H groups in total. The Morgan fingerprint density at radius 1 is 0.917 bits per heavy atom. The second-order valence-corrected chi connectivity index (χ2v) is 8.00. The zero-order valence-corrected chi connectivity index (χ0v) is 15.4. The fourth-order valence-electron chi connectivity index (χ4n) is 2.76. The first-order valence-corrected chi connectivity index (χ1v) is 10.2. The van der Waals surface area contributed by atoms with Crippen molar-refractivity contribution in [2.45, 2.75) is 44.6 Å². The Bertz CT molecular complexity index is 706. The summed E-state index contributed by atoms with van der Waals surface area (Å²) < 4.78 is 0. The van der Waals surface area contributed by atoms with Crippen LogP contribution in [0.5, 0.6) is 0 Å². The van der Waals surface area contributed by atoms with Gasteiger partial charge in [-0.2, -0.15) is 0 Å². The third-order valence-electron chi connectivity index (χ3n) is 4.11. The van der Waals surface area contributed by atoms with Crippen LogP contribution in [0.1, 0.15) is 48.8 Å². The van der Waals surface area contributed by atoms with Crippen LogP contribution in [0.25, 0.3) is 9.75 Å². The van der Waals surface area contributed by atoms with Crippen molar-refractivity contribution in [3.8, 4) is 9.75 Å². The molecule has 0 bridgehead atoms. The monoisotopic (exact) mass is 357 g/mol. The minimum atomic E-state index is -0.419. The van der Waals surface area contributed by atoms with Crippen LogP contribution in [0.4, 0.5) is 0 Å². The molecule has 1 atom stereocenters. The van der Waals surface area contributed by atoms with Gasteiger partial charge in [0.05, 0.1) is 4.88 Å². The predicted octanol–water partition coefficient (Wildman–Crippen LogP) is 6.10. The van der Waals surface area contributed by atoms with Crippen molar-refractivity contribution in [1.29, 1.82) is 0 Å². The first kappa shape index (κ1) is 17.3. The molecular formula is C20H23NOS2. The molecule has 0 aliphatic carbocycles. The molecule has 2 heterocycles.